The minimum Gasteiger partial charge on any atom is -0.338 e. The van der Waals surface area contributed by atoms with Crippen molar-refractivity contribution in [2.45, 2.75) is 13.8 Å². The Balaban J connectivity index is 2.30. The van der Waals surface area contributed by atoms with Gasteiger partial charge >= 0.3 is 0 Å². The van der Waals surface area contributed by atoms with Gasteiger partial charge in [-0.2, -0.15) is 0 Å². The lowest BCUT2D eigenvalue weighted by atomic mass is 10.0. The van der Waals surface area contributed by atoms with Crippen molar-refractivity contribution in [2.75, 3.05) is 0 Å². The number of halogens is 2. The highest BCUT2D eigenvalue weighted by molar-refractivity contribution is 5.81. The molecule has 1 heterocycles. The topological polar surface area (TPSA) is 28.7 Å². The quantitative estimate of drug-likeness (QED) is 0.698. The van der Waals surface area contributed by atoms with Gasteiger partial charge in [0.1, 0.15) is 11.3 Å². The van der Waals surface area contributed by atoms with E-state index in [0.717, 1.165) is 22.8 Å². The molecule has 0 atom stereocenters. The van der Waals surface area contributed by atoms with Crippen molar-refractivity contribution in [3.63, 3.8) is 0 Å². The van der Waals surface area contributed by atoms with E-state index >= 15 is 0 Å². The number of aromatic amines is 1. The summed E-state index contributed by atoms with van der Waals surface area (Å²) in [5, 5.41) is 0. The van der Waals surface area contributed by atoms with Crippen molar-refractivity contribution in [1.82, 2.24) is 9.97 Å². The maximum atomic E-state index is 13.7. The highest BCUT2D eigenvalue weighted by Crippen LogP contribution is 2.28. The van der Waals surface area contributed by atoms with Crippen LogP contribution in [0.3, 0.4) is 0 Å². The number of fused-ring (bicyclic) bond motifs is 1. The molecule has 0 aliphatic carbocycles. The van der Waals surface area contributed by atoms with Gasteiger partial charge in [0, 0.05) is 5.56 Å². The molecule has 4 heteroatoms. The van der Waals surface area contributed by atoms with E-state index in [1.165, 1.54) is 6.07 Å². The van der Waals surface area contributed by atoms with Gasteiger partial charge in [-0.15, -0.1) is 0 Å². The van der Waals surface area contributed by atoms with Crippen LogP contribution in [0, 0.1) is 25.5 Å². The predicted molar refractivity (Wildman–Crippen MR) is 70.9 cm³/mol. The molecule has 0 spiro atoms. The Morgan fingerprint density at radius 2 is 1.68 bits per heavy atom. The fraction of sp³-hybridized carbons (Fsp3) is 0.133. The first-order chi connectivity index (χ1) is 9.08. The number of hydrogen-bond donors (Lipinski definition) is 1. The highest BCUT2D eigenvalue weighted by Gasteiger charge is 2.14. The average molecular weight is 258 g/mol. The van der Waals surface area contributed by atoms with Gasteiger partial charge in [0.25, 0.3) is 0 Å². The first kappa shape index (κ1) is 11.8. The van der Waals surface area contributed by atoms with Crippen LogP contribution >= 0.6 is 0 Å². The second-order valence-corrected chi connectivity index (χ2v) is 4.61. The molecule has 2 nitrogen and oxygen atoms in total. The van der Waals surface area contributed by atoms with Crippen molar-refractivity contribution >= 4 is 11.0 Å². The minimum absolute atomic E-state index is 0.0395. The Hall–Kier alpha value is -2.23. The van der Waals surface area contributed by atoms with E-state index in [2.05, 4.69) is 9.97 Å². The summed E-state index contributed by atoms with van der Waals surface area (Å²) in [5.74, 6) is -1.23. The molecule has 0 radical (unpaired) electrons. The first-order valence-corrected chi connectivity index (χ1v) is 5.98. The lowest BCUT2D eigenvalue weighted by Gasteiger charge is -2.05. The monoisotopic (exact) mass is 258 g/mol. The molecule has 0 saturated heterocycles. The Kier molecular flexibility index (Phi) is 2.59. The molecule has 0 unspecified atom stereocenters. The molecule has 96 valence electrons. The predicted octanol–water partition coefficient (Wildman–Crippen LogP) is 4.12. The van der Waals surface area contributed by atoms with Gasteiger partial charge < -0.3 is 4.98 Å². The third kappa shape index (κ3) is 1.80. The third-order valence-corrected chi connectivity index (χ3v) is 3.26. The number of nitrogens with zero attached hydrogens (tertiary/aromatic N) is 1. The smallest absolute Gasteiger partial charge is 0.186 e. The van der Waals surface area contributed by atoms with Crippen LogP contribution in [0.2, 0.25) is 0 Å². The van der Waals surface area contributed by atoms with E-state index in [-0.39, 0.29) is 5.52 Å². The van der Waals surface area contributed by atoms with Crippen molar-refractivity contribution in [1.29, 1.82) is 0 Å². The van der Waals surface area contributed by atoms with Crippen LogP contribution in [0.25, 0.3) is 22.4 Å². The summed E-state index contributed by atoms with van der Waals surface area (Å²) in [4.78, 5) is 7.24. The van der Waals surface area contributed by atoms with E-state index in [1.807, 2.05) is 32.0 Å². The van der Waals surface area contributed by atoms with E-state index in [4.69, 9.17) is 0 Å². The molecule has 1 N–H and O–H groups in total. The Morgan fingerprint density at radius 3 is 2.37 bits per heavy atom. The second kappa shape index (κ2) is 4.16. The number of hydrogen-bond acceptors (Lipinski definition) is 1. The lowest BCUT2D eigenvalue weighted by Crippen LogP contribution is -1.89. The second-order valence-electron chi connectivity index (χ2n) is 4.61. The molecule has 19 heavy (non-hydrogen) atoms. The molecule has 0 aliphatic heterocycles. The molecule has 3 aromatic rings. The summed E-state index contributed by atoms with van der Waals surface area (Å²) in [7, 11) is 0. The maximum absolute atomic E-state index is 13.7. The Labute approximate surface area is 109 Å². The van der Waals surface area contributed by atoms with Gasteiger partial charge in [0.2, 0.25) is 0 Å². The van der Waals surface area contributed by atoms with Gasteiger partial charge in [-0.1, -0.05) is 18.2 Å². The number of nitrogens with one attached hydrogen (secondary N) is 1. The number of rotatable bonds is 1. The van der Waals surface area contributed by atoms with Crippen LogP contribution in [0.5, 0.6) is 0 Å². The standard InChI is InChI=1S/C15H12F2N2/c1-8-4-3-5-9(2)12(8)15-18-11-7-6-10(16)13(17)14(11)19-15/h3-7H,1-2H3,(H,18,19). The molecular formula is C15H12F2N2. The van der Waals surface area contributed by atoms with E-state index in [9.17, 15) is 8.78 Å². The number of aromatic nitrogens is 2. The van der Waals surface area contributed by atoms with E-state index in [1.54, 1.807) is 0 Å². The molecule has 0 aliphatic rings. The van der Waals surface area contributed by atoms with Crippen LogP contribution in [-0.2, 0) is 0 Å². The van der Waals surface area contributed by atoms with Crippen molar-refractivity contribution in [2.24, 2.45) is 0 Å². The number of imidazole rings is 1. The zero-order chi connectivity index (χ0) is 13.6. The minimum atomic E-state index is -0.911. The fourth-order valence-corrected chi connectivity index (χ4v) is 2.32. The van der Waals surface area contributed by atoms with E-state index in [0.29, 0.717) is 11.3 Å². The molecular weight excluding hydrogens is 246 g/mol. The van der Waals surface area contributed by atoms with Crippen LogP contribution in [0.15, 0.2) is 30.3 Å². The molecule has 0 bridgehead atoms. The highest BCUT2D eigenvalue weighted by atomic mass is 19.2. The summed E-state index contributed by atoms with van der Waals surface area (Å²) in [6, 6.07) is 8.48. The zero-order valence-corrected chi connectivity index (χ0v) is 10.6. The lowest BCUT2D eigenvalue weighted by molar-refractivity contribution is 0.515. The molecule has 0 saturated carbocycles. The van der Waals surface area contributed by atoms with Gasteiger partial charge in [-0.25, -0.2) is 13.8 Å². The summed E-state index contributed by atoms with van der Waals surface area (Å²) in [5.41, 5.74) is 3.55. The number of aryl methyl sites for hydroxylation is 2. The number of benzene rings is 2. The fourth-order valence-electron chi connectivity index (χ4n) is 2.32. The van der Waals surface area contributed by atoms with Crippen LogP contribution in [0.1, 0.15) is 11.1 Å². The largest absolute Gasteiger partial charge is 0.338 e. The van der Waals surface area contributed by atoms with Crippen LogP contribution in [-0.4, -0.2) is 9.97 Å². The average Bonchev–Trinajstić information content (AvgIpc) is 2.78. The Bertz CT molecular complexity index is 755. The molecule has 2 aromatic carbocycles. The third-order valence-electron chi connectivity index (χ3n) is 3.26. The Morgan fingerprint density at radius 1 is 1.00 bits per heavy atom. The summed E-state index contributed by atoms with van der Waals surface area (Å²) in [6.07, 6.45) is 0. The molecule has 0 fully saturated rings. The first-order valence-electron chi connectivity index (χ1n) is 5.98. The van der Waals surface area contributed by atoms with Gasteiger partial charge in [0.15, 0.2) is 11.6 Å². The summed E-state index contributed by atoms with van der Waals surface area (Å²) < 4.78 is 26.9. The SMILES string of the molecule is Cc1cccc(C)c1-c1nc2c(F)c(F)ccc2[nH]1. The van der Waals surface area contributed by atoms with Gasteiger partial charge in [-0.05, 0) is 37.1 Å². The number of H-pyrrole nitrogens is 1. The zero-order valence-electron chi connectivity index (χ0n) is 10.6. The van der Waals surface area contributed by atoms with Gasteiger partial charge in [0.05, 0.1) is 5.52 Å². The van der Waals surface area contributed by atoms with Crippen molar-refractivity contribution in [3.05, 3.63) is 53.1 Å². The van der Waals surface area contributed by atoms with E-state index < -0.39 is 11.6 Å². The summed E-state index contributed by atoms with van der Waals surface area (Å²) in [6.45, 7) is 3.93. The summed E-state index contributed by atoms with van der Waals surface area (Å²) >= 11 is 0. The van der Waals surface area contributed by atoms with Gasteiger partial charge in [-0.3, -0.25) is 0 Å². The maximum Gasteiger partial charge on any atom is 0.186 e. The van der Waals surface area contributed by atoms with Crippen molar-refractivity contribution in [3.8, 4) is 11.4 Å². The molecule has 0 amide bonds. The molecule has 1 aromatic heterocycles. The van der Waals surface area contributed by atoms with Crippen LogP contribution in [0.4, 0.5) is 8.78 Å². The van der Waals surface area contributed by atoms with Crippen LogP contribution < -0.4 is 0 Å². The normalized spacial score (nSPS) is 11.2. The molecule has 3 rings (SSSR count). The van der Waals surface area contributed by atoms with Crippen molar-refractivity contribution < 1.29 is 8.78 Å².